The summed E-state index contributed by atoms with van der Waals surface area (Å²) in [4.78, 5) is 19.0. The average molecular weight is 432 g/mol. The summed E-state index contributed by atoms with van der Waals surface area (Å²) in [5.74, 6) is -0.296. The number of carbonyl (C=O) groups is 1. The lowest BCUT2D eigenvalue weighted by Crippen LogP contribution is -2.30. The molecule has 0 spiro atoms. The Labute approximate surface area is 185 Å². The van der Waals surface area contributed by atoms with Crippen LogP contribution in [0.2, 0.25) is 5.02 Å². The molecule has 0 fully saturated rings. The third-order valence-corrected chi connectivity index (χ3v) is 6.31. The molecule has 2 aromatic carbocycles. The lowest BCUT2D eigenvalue weighted by atomic mass is 9.96. The summed E-state index contributed by atoms with van der Waals surface area (Å²) in [5, 5.41) is 0.690. The van der Waals surface area contributed by atoms with Gasteiger partial charge in [-0.25, -0.2) is 9.78 Å². The monoisotopic (exact) mass is 431 g/mol. The smallest absolute Gasteiger partial charge is 0.337 e. The number of nitrogens with zero attached hydrogens (tertiary/aromatic N) is 3. The minimum Gasteiger partial charge on any atom is -0.465 e. The predicted molar refractivity (Wildman–Crippen MR) is 123 cm³/mol. The second kappa shape index (κ2) is 7.75. The first-order valence-corrected chi connectivity index (χ1v) is 10.6. The van der Waals surface area contributed by atoms with E-state index in [1.807, 2.05) is 48.7 Å². The molecule has 1 aliphatic heterocycles. The summed E-state index contributed by atoms with van der Waals surface area (Å²) in [6.45, 7) is 3.71. The molecule has 0 atom stereocenters. The van der Waals surface area contributed by atoms with Crippen molar-refractivity contribution in [1.29, 1.82) is 0 Å². The van der Waals surface area contributed by atoms with Crippen molar-refractivity contribution in [3.8, 4) is 11.3 Å². The van der Waals surface area contributed by atoms with Gasteiger partial charge in [-0.3, -0.25) is 0 Å². The molecule has 6 heteroatoms. The minimum atomic E-state index is -0.296. The van der Waals surface area contributed by atoms with Gasteiger partial charge < -0.3 is 14.0 Å². The van der Waals surface area contributed by atoms with Crippen LogP contribution < -0.4 is 4.90 Å². The molecule has 0 aliphatic carbocycles. The number of ether oxygens (including phenoxy) is 1. The first-order valence-electron chi connectivity index (χ1n) is 10.2. The molecule has 4 aromatic rings. The molecule has 5 rings (SSSR count). The summed E-state index contributed by atoms with van der Waals surface area (Å²) in [7, 11) is 1.41. The van der Waals surface area contributed by atoms with E-state index < -0.39 is 0 Å². The van der Waals surface area contributed by atoms with E-state index in [2.05, 4.69) is 28.4 Å². The minimum absolute atomic E-state index is 0.296. The maximum absolute atomic E-state index is 11.8. The molecule has 2 aromatic heterocycles. The number of halogens is 1. The number of rotatable bonds is 3. The van der Waals surface area contributed by atoms with Crippen LogP contribution in [0, 0.1) is 6.92 Å². The second-order valence-corrected chi connectivity index (χ2v) is 8.19. The van der Waals surface area contributed by atoms with Crippen molar-refractivity contribution >= 4 is 28.9 Å². The average Bonchev–Trinajstić information content (AvgIpc) is 3.14. The maximum Gasteiger partial charge on any atom is 0.337 e. The summed E-state index contributed by atoms with van der Waals surface area (Å²) in [6.07, 6.45) is 2.88. The number of pyridine rings is 1. The van der Waals surface area contributed by atoms with Crippen molar-refractivity contribution in [3.63, 3.8) is 0 Å². The number of carbonyl (C=O) groups excluding carboxylic acids is 1. The van der Waals surface area contributed by atoms with Gasteiger partial charge in [0.1, 0.15) is 5.65 Å². The van der Waals surface area contributed by atoms with Gasteiger partial charge in [0.2, 0.25) is 0 Å². The normalized spacial score (nSPS) is 13.3. The molecule has 1 aliphatic rings. The molecule has 5 nitrogen and oxygen atoms in total. The molecular formula is C25H22ClN3O2. The Bertz CT molecular complexity index is 1310. The summed E-state index contributed by atoms with van der Waals surface area (Å²) < 4.78 is 6.92. The Balaban J connectivity index is 1.48. The fraction of sp³-hybridized carbons (Fsp3) is 0.200. The highest BCUT2D eigenvalue weighted by Gasteiger charge is 2.20. The Morgan fingerprint density at radius 1 is 1.10 bits per heavy atom. The van der Waals surface area contributed by atoms with Crippen molar-refractivity contribution in [2.75, 3.05) is 18.6 Å². The van der Waals surface area contributed by atoms with E-state index >= 15 is 0 Å². The second-order valence-electron chi connectivity index (χ2n) is 7.79. The van der Waals surface area contributed by atoms with Crippen LogP contribution in [0.4, 0.5) is 5.69 Å². The largest absolute Gasteiger partial charge is 0.465 e. The Kier molecular flexibility index (Phi) is 4.91. The molecule has 0 saturated heterocycles. The Morgan fingerprint density at radius 2 is 1.97 bits per heavy atom. The molecule has 3 heterocycles. The van der Waals surface area contributed by atoms with Gasteiger partial charge in [0.25, 0.3) is 0 Å². The molecule has 0 unspecified atom stereocenters. The maximum atomic E-state index is 11.8. The number of anilines is 1. The van der Waals surface area contributed by atoms with Gasteiger partial charge in [0, 0.05) is 36.2 Å². The van der Waals surface area contributed by atoms with E-state index in [9.17, 15) is 4.79 Å². The van der Waals surface area contributed by atoms with Crippen LogP contribution in [0.15, 0.2) is 60.8 Å². The number of fused-ring (bicyclic) bond motifs is 2. The summed E-state index contributed by atoms with van der Waals surface area (Å²) >= 11 is 6.60. The third kappa shape index (κ3) is 3.45. The van der Waals surface area contributed by atoms with Crippen LogP contribution >= 0.6 is 11.6 Å². The topological polar surface area (TPSA) is 46.8 Å². The van der Waals surface area contributed by atoms with E-state index in [0.717, 1.165) is 47.8 Å². The van der Waals surface area contributed by atoms with Crippen LogP contribution in [-0.2, 0) is 17.7 Å². The first kappa shape index (κ1) is 19.6. The summed E-state index contributed by atoms with van der Waals surface area (Å²) in [6, 6.07) is 17.9. The summed E-state index contributed by atoms with van der Waals surface area (Å²) in [5.41, 5.74) is 7.94. The molecule has 0 radical (unpaired) electrons. The standard InChI is InChI=1S/C25H22ClN3O2/c1-16-24(27-23-5-3-4-11-29(16)23)21-14-20(8-9-22(21)26)28-12-10-17-13-18(25(30)31-2)6-7-19(17)15-28/h3-9,11,13-14H,10,12,15H2,1-2H3. The zero-order valence-corrected chi connectivity index (χ0v) is 18.2. The van der Waals surface area contributed by atoms with Crippen molar-refractivity contribution in [2.24, 2.45) is 0 Å². The highest BCUT2D eigenvalue weighted by molar-refractivity contribution is 6.33. The fourth-order valence-corrected chi connectivity index (χ4v) is 4.49. The number of methoxy groups -OCH3 is 1. The first-order chi connectivity index (χ1) is 15.0. The van der Waals surface area contributed by atoms with Crippen molar-refractivity contribution < 1.29 is 9.53 Å². The van der Waals surface area contributed by atoms with Crippen molar-refractivity contribution in [1.82, 2.24) is 9.38 Å². The lowest BCUT2D eigenvalue weighted by molar-refractivity contribution is 0.0600. The van der Waals surface area contributed by atoms with Gasteiger partial charge in [-0.05, 0) is 66.9 Å². The molecule has 31 heavy (non-hydrogen) atoms. The van der Waals surface area contributed by atoms with Gasteiger partial charge in [-0.2, -0.15) is 0 Å². The number of benzene rings is 2. The van der Waals surface area contributed by atoms with E-state index in [1.54, 1.807) is 0 Å². The zero-order chi connectivity index (χ0) is 21.5. The Hall–Kier alpha value is -3.31. The zero-order valence-electron chi connectivity index (χ0n) is 17.4. The number of imidazole rings is 1. The molecule has 0 N–H and O–H groups in total. The van der Waals surface area contributed by atoms with Crippen molar-refractivity contribution in [2.45, 2.75) is 19.9 Å². The lowest BCUT2D eigenvalue weighted by Gasteiger charge is -2.31. The van der Waals surface area contributed by atoms with E-state index in [-0.39, 0.29) is 5.97 Å². The van der Waals surface area contributed by atoms with Crippen LogP contribution in [0.25, 0.3) is 16.9 Å². The Morgan fingerprint density at radius 3 is 2.77 bits per heavy atom. The molecule has 156 valence electrons. The highest BCUT2D eigenvalue weighted by atomic mass is 35.5. The highest BCUT2D eigenvalue weighted by Crippen LogP contribution is 2.35. The van der Waals surface area contributed by atoms with Crippen LogP contribution in [-0.4, -0.2) is 29.0 Å². The van der Waals surface area contributed by atoms with E-state index in [4.69, 9.17) is 21.3 Å². The molecular weight excluding hydrogens is 410 g/mol. The number of hydrogen-bond acceptors (Lipinski definition) is 4. The predicted octanol–water partition coefficient (Wildman–Crippen LogP) is 5.31. The number of aromatic nitrogens is 2. The number of esters is 1. The van der Waals surface area contributed by atoms with Gasteiger partial charge in [0.05, 0.1) is 23.4 Å². The van der Waals surface area contributed by atoms with Crippen LogP contribution in [0.1, 0.15) is 27.2 Å². The van der Waals surface area contributed by atoms with Crippen LogP contribution in [0.3, 0.4) is 0 Å². The van der Waals surface area contributed by atoms with Gasteiger partial charge in [0.15, 0.2) is 0 Å². The molecule has 0 saturated carbocycles. The third-order valence-electron chi connectivity index (χ3n) is 5.98. The quantitative estimate of drug-likeness (QED) is 0.412. The molecule has 0 amide bonds. The molecule has 0 bridgehead atoms. The number of hydrogen-bond donors (Lipinski definition) is 0. The van der Waals surface area contributed by atoms with Gasteiger partial charge in [-0.1, -0.05) is 23.7 Å². The van der Waals surface area contributed by atoms with E-state index in [1.165, 1.54) is 18.2 Å². The van der Waals surface area contributed by atoms with Gasteiger partial charge >= 0.3 is 5.97 Å². The van der Waals surface area contributed by atoms with Crippen LogP contribution in [0.5, 0.6) is 0 Å². The van der Waals surface area contributed by atoms with Crippen molar-refractivity contribution in [3.05, 3.63) is 88.2 Å². The van der Waals surface area contributed by atoms with Gasteiger partial charge in [-0.15, -0.1) is 0 Å². The fourth-order valence-electron chi connectivity index (χ4n) is 4.28. The van der Waals surface area contributed by atoms with E-state index in [0.29, 0.717) is 10.6 Å². The SMILES string of the molecule is COC(=O)c1ccc2c(c1)CCN(c1ccc(Cl)c(-c3nc4ccccn4c3C)c1)C2. The number of aryl methyl sites for hydroxylation is 1.